The zero-order valence-corrected chi connectivity index (χ0v) is 6.84. The third kappa shape index (κ3) is 1.50. The van der Waals surface area contributed by atoms with Crippen molar-refractivity contribution in [3.05, 3.63) is 0 Å². The lowest BCUT2D eigenvalue weighted by Crippen LogP contribution is -2.28. The van der Waals surface area contributed by atoms with Crippen molar-refractivity contribution in [2.45, 2.75) is 26.4 Å². The molecule has 2 atom stereocenters. The highest BCUT2D eigenvalue weighted by molar-refractivity contribution is 4.78. The van der Waals surface area contributed by atoms with Crippen LogP contribution in [-0.4, -0.2) is 19.3 Å². The molecule has 1 rings (SSSR count). The molecule has 2 nitrogen and oxygen atoms in total. The molecular formula is C8H17NO. The Morgan fingerprint density at radius 1 is 1.60 bits per heavy atom. The van der Waals surface area contributed by atoms with E-state index in [-0.39, 0.29) is 0 Å². The van der Waals surface area contributed by atoms with Crippen molar-refractivity contribution in [1.82, 2.24) is 0 Å². The van der Waals surface area contributed by atoms with Gasteiger partial charge in [0.1, 0.15) is 0 Å². The van der Waals surface area contributed by atoms with Crippen LogP contribution in [0.4, 0.5) is 0 Å². The van der Waals surface area contributed by atoms with E-state index >= 15 is 0 Å². The van der Waals surface area contributed by atoms with Crippen molar-refractivity contribution in [3.63, 3.8) is 0 Å². The number of nitrogens with two attached hydrogens (primary N) is 1. The van der Waals surface area contributed by atoms with Crippen LogP contribution in [0.1, 0.15) is 20.3 Å². The van der Waals surface area contributed by atoms with Gasteiger partial charge in [-0.2, -0.15) is 0 Å². The molecule has 2 heteroatoms. The van der Waals surface area contributed by atoms with Crippen LogP contribution in [-0.2, 0) is 4.74 Å². The summed E-state index contributed by atoms with van der Waals surface area (Å²) in [5.74, 6) is 1.23. The van der Waals surface area contributed by atoms with Gasteiger partial charge in [-0.3, -0.25) is 0 Å². The Kier molecular flexibility index (Phi) is 2.69. The highest BCUT2D eigenvalue weighted by atomic mass is 16.5. The SMILES string of the molecule is CC(C)[C@@H]1OCC[C@H]1CN. The first-order valence-electron chi connectivity index (χ1n) is 4.07. The zero-order chi connectivity index (χ0) is 7.56. The summed E-state index contributed by atoms with van der Waals surface area (Å²) in [6, 6.07) is 0. The van der Waals surface area contributed by atoms with E-state index in [1.54, 1.807) is 0 Å². The monoisotopic (exact) mass is 143 g/mol. The molecule has 0 amide bonds. The molecule has 2 N–H and O–H groups in total. The van der Waals surface area contributed by atoms with Crippen LogP contribution in [0.15, 0.2) is 0 Å². The summed E-state index contributed by atoms with van der Waals surface area (Å²) in [5, 5.41) is 0. The third-order valence-electron chi connectivity index (χ3n) is 2.22. The summed E-state index contributed by atoms with van der Waals surface area (Å²) in [6.45, 7) is 6.07. The first-order chi connectivity index (χ1) is 4.75. The second-order valence-corrected chi connectivity index (χ2v) is 3.36. The maximum atomic E-state index is 5.58. The summed E-state index contributed by atoms with van der Waals surface area (Å²) in [7, 11) is 0. The van der Waals surface area contributed by atoms with E-state index < -0.39 is 0 Å². The van der Waals surface area contributed by atoms with E-state index in [1.807, 2.05) is 0 Å². The molecule has 0 bridgehead atoms. The Morgan fingerprint density at radius 3 is 2.70 bits per heavy atom. The summed E-state index contributed by atoms with van der Waals surface area (Å²) in [4.78, 5) is 0. The molecule has 10 heavy (non-hydrogen) atoms. The smallest absolute Gasteiger partial charge is 0.0639 e. The molecule has 0 aromatic rings. The molecule has 0 aromatic heterocycles. The van der Waals surface area contributed by atoms with Gasteiger partial charge in [0.15, 0.2) is 0 Å². The van der Waals surface area contributed by atoms with Gasteiger partial charge in [0.25, 0.3) is 0 Å². The van der Waals surface area contributed by atoms with Gasteiger partial charge < -0.3 is 10.5 Å². The second-order valence-electron chi connectivity index (χ2n) is 3.36. The number of hydrogen-bond acceptors (Lipinski definition) is 2. The van der Waals surface area contributed by atoms with Crippen LogP contribution >= 0.6 is 0 Å². The second kappa shape index (κ2) is 3.35. The molecular weight excluding hydrogens is 126 g/mol. The van der Waals surface area contributed by atoms with Gasteiger partial charge in [-0.15, -0.1) is 0 Å². The van der Waals surface area contributed by atoms with E-state index in [0.29, 0.717) is 17.9 Å². The van der Waals surface area contributed by atoms with Gasteiger partial charge in [-0.1, -0.05) is 13.8 Å². The quantitative estimate of drug-likeness (QED) is 0.626. The fourth-order valence-corrected chi connectivity index (χ4v) is 1.64. The van der Waals surface area contributed by atoms with E-state index in [1.165, 1.54) is 0 Å². The minimum atomic E-state index is 0.421. The average Bonchev–Trinajstić information content (AvgIpc) is 2.33. The number of hydrogen-bond donors (Lipinski definition) is 1. The Balaban J connectivity index is 2.42. The van der Waals surface area contributed by atoms with Crippen LogP contribution in [0.3, 0.4) is 0 Å². The summed E-state index contributed by atoms with van der Waals surface area (Å²) in [5.41, 5.74) is 5.58. The average molecular weight is 143 g/mol. The van der Waals surface area contributed by atoms with Crippen molar-refractivity contribution in [3.8, 4) is 0 Å². The van der Waals surface area contributed by atoms with Crippen LogP contribution in [0.5, 0.6) is 0 Å². The van der Waals surface area contributed by atoms with Crippen molar-refractivity contribution >= 4 is 0 Å². The molecule has 1 fully saturated rings. The first-order valence-corrected chi connectivity index (χ1v) is 4.07. The first kappa shape index (κ1) is 8.02. The fourth-order valence-electron chi connectivity index (χ4n) is 1.64. The molecule has 1 heterocycles. The Labute approximate surface area is 62.7 Å². The fraction of sp³-hybridized carbons (Fsp3) is 1.00. The molecule has 0 radical (unpaired) electrons. The third-order valence-corrected chi connectivity index (χ3v) is 2.22. The van der Waals surface area contributed by atoms with Gasteiger partial charge in [-0.25, -0.2) is 0 Å². The van der Waals surface area contributed by atoms with Crippen LogP contribution in [0, 0.1) is 11.8 Å². The predicted octanol–water partition coefficient (Wildman–Crippen LogP) is 1.01. The molecule has 1 saturated heterocycles. The zero-order valence-electron chi connectivity index (χ0n) is 6.84. The van der Waals surface area contributed by atoms with Crippen LogP contribution in [0.25, 0.3) is 0 Å². The topological polar surface area (TPSA) is 35.2 Å². The van der Waals surface area contributed by atoms with Crippen LogP contribution < -0.4 is 5.73 Å². The minimum Gasteiger partial charge on any atom is -0.378 e. The van der Waals surface area contributed by atoms with E-state index in [2.05, 4.69) is 13.8 Å². The van der Waals surface area contributed by atoms with E-state index in [0.717, 1.165) is 19.6 Å². The maximum Gasteiger partial charge on any atom is 0.0639 e. The molecule has 0 aromatic carbocycles. The van der Waals surface area contributed by atoms with Crippen molar-refractivity contribution in [1.29, 1.82) is 0 Å². The standard InChI is InChI=1S/C8H17NO/c1-6(2)8-7(5-9)3-4-10-8/h6-8H,3-5,9H2,1-2H3/t7-,8-/m0/s1. The van der Waals surface area contributed by atoms with Gasteiger partial charge in [0, 0.05) is 6.61 Å². The summed E-state index contributed by atoms with van der Waals surface area (Å²) in [6.07, 6.45) is 1.57. The molecule has 0 spiro atoms. The van der Waals surface area contributed by atoms with Crippen molar-refractivity contribution in [2.24, 2.45) is 17.6 Å². The molecule has 1 aliphatic heterocycles. The number of ether oxygens (including phenoxy) is 1. The Hall–Kier alpha value is -0.0800. The van der Waals surface area contributed by atoms with Crippen molar-refractivity contribution in [2.75, 3.05) is 13.2 Å². The lowest BCUT2D eigenvalue weighted by Gasteiger charge is -2.19. The highest BCUT2D eigenvalue weighted by Gasteiger charge is 2.28. The minimum absolute atomic E-state index is 0.421. The lowest BCUT2D eigenvalue weighted by molar-refractivity contribution is 0.0558. The predicted molar refractivity (Wildman–Crippen MR) is 41.7 cm³/mol. The number of rotatable bonds is 2. The molecule has 0 saturated carbocycles. The van der Waals surface area contributed by atoms with Gasteiger partial charge >= 0.3 is 0 Å². The lowest BCUT2D eigenvalue weighted by atomic mass is 9.93. The molecule has 0 aliphatic carbocycles. The van der Waals surface area contributed by atoms with Gasteiger partial charge in [0.05, 0.1) is 6.10 Å². The summed E-state index contributed by atoms with van der Waals surface area (Å²) < 4.78 is 5.54. The maximum absolute atomic E-state index is 5.58. The highest BCUT2D eigenvalue weighted by Crippen LogP contribution is 2.25. The normalized spacial score (nSPS) is 33.6. The Bertz CT molecular complexity index is 103. The summed E-state index contributed by atoms with van der Waals surface area (Å²) >= 11 is 0. The van der Waals surface area contributed by atoms with E-state index in [4.69, 9.17) is 10.5 Å². The molecule has 60 valence electrons. The van der Waals surface area contributed by atoms with Crippen LogP contribution in [0.2, 0.25) is 0 Å². The van der Waals surface area contributed by atoms with E-state index in [9.17, 15) is 0 Å². The molecule has 1 aliphatic rings. The van der Waals surface area contributed by atoms with Gasteiger partial charge in [-0.05, 0) is 24.8 Å². The van der Waals surface area contributed by atoms with Crippen molar-refractivity contribution < 1.29 is 4.74 Å². The van der Waals surface area contributed by atoms with Gasteiger partial charge in [0.2, 0.25) is 0 Å². The molecule has 0 unspecified atom stereocenters. The largest absolute Gasteiger partial charge is 0.378 e. The Morgan fingerprint density at radius 2 is 2.30 bits per heavy atom.